The summed E-state index contributed by atoms with van der Waals surface area (Å²) in [5.41, 5.74) is 0.721. The fraction of sp³-hybridized carbons (Fsp3) is 0.353. The van der Waals surface area contributed by atoms with Crippen LogP contribution in [0.25, 0.3) is 0 Å². The van der Waals surface area contributed by atoms with Crippen LogP contribution in [-0.2, 0) is 16.4 Å². The minimum atomic E-state index is -3.20. The maximum atomic E-state index is 13.1. The van der Waals surface area contributed by atoms with Gasteiger partial charge in [0, 0.05) is 17.0 Å². The lowest BCUT2D eigenvalue weighted by molar-refractivity contribution is -0.385. The summed E-state index contributed by atoms with van der Waals surface area (Å²) in [6.45, 7) is 2.17. The third kappa shape index (κ3) is 3.78. The molecule has 0 saturated carbocycles. The summed E-state index contributed by atoms with van der Waals surface area (Å²) < 4.78 is 23.8. The van der Waals surface area contributed by atoms with Crippen LogP contribution in [0.15, 0.2) is 35.7 Å². The lowest BCUT2D eigenvalue weighted by Gasteiger charge is -2.28. The zero-order valence-electron chi connectivity index (χ0n) is 14.1. The molecule has 0 aliphatic carbocycles. The molecule has 1 fully saturated rings. The molecular formula is C17H18N2O5S2. The Kier molecular flexibility index (Phi) is 5.10. The van der Waals surface area contributed by atoms with E-state index in [1.807, 2.05) is 18.4 Å². The molecule has 7 nitrogen and oxygen atoms in total. The van der Waals surface area contributed by atoms with Crippen molar-refractivity contribution in [2.24, 2.45) is 0 Å². The Morgan fingerprint density at radius 1 is 1.35 bits per heavy atom. The third-order valence-electron chi connectivity index (χ3n) is 4.52. The van der Waals surface area contributed by atoms with Crippen LogP contribution in [0.1, 0.15) is 27.2 Å². The number of para-hydroxylation sites is 1. The number of rotatable bonds is 5. The molecule has 26 heavy (non-hydrogen) atoms. The highest BCUT2D eigenvalue weighted by Crippen LogP contribution is 2.28. The van der Waals surface area contributed by atoms with Crippen LogP contribution in [0.5, 0.6) is 0 Å². The first-order valence-electron chi connectivity index (χ1n) is 8.06. The molecule has 0 bridgehead atoms. The van der Waals surface area contributed by atoms with Gasteiger partial charge in [0.25, 0.3) is 11.6 Å². The predicted molar refractivity (Wildman–Crippen MR) is 99.1 cm³/mol. The van der Waals surface area contributed by atoms with Gasteiger partial charge in [-0.1, -0.05) is 12.1 Å². The molecule has 9 heteroatoms. The van der Waals surface area contributed by atoms with E-state index in [-0.39, 0.29) is 29.3 Å². The Morgan fingerprint density at radius 3 is 2.65 bits per heavy atom. The minimum Gasteiger partial charge on any atom is -0.329 e. The van der Waals surface area contributed by atoms with E-state index in [0.29, 0.717) is 6.42 Å². The number of hydrogen-bond acceptors (Lipinski definition) is 6. The van der Waals surface area contributed by atoms with Gasteiger partial charge < -0.3 is 4.90 Å². The number of carbonyl (C=O) groups excluding carboxylic acids is 1. The summed E-state index contributed by atoms with van der Waals surface area (Å²) in [7, 11) is -3.20. The number of nitro benzene ring substituents is 1. The first-order valence-corrected chi connectivity index (χ1v) is 10.8. The maximum Gasteiger partial charge on any atom is 0.282 e. The Hall–Kier alpha value is -2.26. The van der Waals surface area contributed by atoms with Gasteiger partial charge in [-0.2, -0.15) is 0 Å². The molecule has 0 radical (unpaired) electrons. The zero-order valence-corrected chi connectivity index (χ0v) is 15.8. The average Bonchev–Trinajstić information content (AvgIpc) is 3.16. The standard InChI is InChI=1S/C17H18N2O5S2/c1-12-6-8-25-16(12)10-18(13-7-9-26(23,24)11-13)17(20)14-4-2-3-5-15(14)19(21)22/h2-6,8,13H,7,9-11H2,1H3/t13-/m1/s1. The lowest BCUT2D eigenvalue weighted by Crippen LogP contribution is -2.40. The molecule has 2 aromatic rings. The van der Waals surface area contributed by atoms with Crippen LogP contribution in [0, 0.1) is 17.0 Å². The molecule has 1 atom stereocenters. The number of nitro groups is 1. The number of benzene rings is 1. The van der Waals surface area contributed by atoms with Crippen LogP contribution in [0.3, 0.4) is 0 Å². The monoisotopic (exact) mass is 394 g/mol. The second-order valence-electron chi connectivity index (χ2n) is 6.29. The van der Waals surface area contributed by atoms with Gasteiger partial charge in [-0.25, -0.2) is 8.42 Å². The van der Waals surface area contributed by atoms with Gasteiger partial charge in [-0.3, -0.25) is 14.9 Å². The van der Waals surface area contributed by atoms with E-state index in [0.717, 1.165) is 10.4 Å². The van der Waals surface area contributed by atoms with Crippen molar-refractivity contribution in [3.8, 4) is 0 Å². The van der Waals surface area contributed by atoms with E-state index in [2.05, 4.69) is 0 Å². The zero-order chi connectivity index (χ0) is 18.9. The molecule has 0 N–H and O–H groups in total. The molecule has 2 heterocycles. The van der Waals surface area contributed by atoms with E-state index in [4.69, 9.17) is 0 Å². The first kappa shape index (κ1) is 18.5. The summed E-state index contributed by atoms with van der Waals surface area (Å²) in [6.07, 6.45) is 0.346. The highest BCUT2D eigenvalue weighted by atomic mass is 32.2. The van der Waals surface area contributed by atoms with Gasteiger partial charge in [0.1, 0.15) is 5.56 Å². The highest BCUT2D eigenvalue weighted by molar-refractivity contribution is 7.91. The molecule has 0 unspecified atom stereocenters. The number of aryl methyl sites for hydroxylation is 1. The summed E-state index contributed by atoms with van der Waals surface area (Å²) in [5.74, 6) is -0.585. The maximum absolute atomic E-state index is 13.1. The van der Waals surface area contributed by atoms with Gasteiger partial charge in [0.05, 0.1) is 23.0 Å². The quantitative estimate of drug-likeness (QED) is 0.574. The number of nitrogens with zero attached hydrogens (tertiary/aromatic N) is 2. The van der Waals surface area contributed by atoms with E-state index < -0.39 is 26.7 Å². The molecule has 1 saturated heterocycles. The Labute approximate surface area is 155 Å². The van der Waals surface area contributed by atoms with Crippen molar-refractivity contribution in [2.75, 3.05) is 11.5 Å². The van der Waals surface area contributed by atoms with Crippen molar-refractivity contribution in [3.05, 3.63) is 61.8 Å². The normalized spacial score (nSPS) is 18.6. The number of amides is 1. The van der Waals surface area contributed by atoms with Crippen molar-refractivity contribution < 1.29 is 18.1 Å². The van der Waals surface area contributed by atoms with Crippen LogP contribution >= 0.6 is 11.3 Å². The van der Waals surface area contributed by atoms with Gasteiger partial charge in [-0.05, 0) is 36.4 Å². The summed E-state index contributed by atoms with van der Waals surface area (Å²) >= 11 is 1.48. The number of thiophene rings is 1. The summed E-state index contributed by atoms with van der Waals surface area (Å²) in [6, 6.07) is 7.22. The van der Waals surface area contributed by atoms with E-state index in [1.54, 1.807) is 6.07 Å². The average molecular weight is 394 g/mol. The molecule has 1 aromatic carbocycles. The number of sulfone groups is 1. The fourth-order valence-corrected chi connectivity index (χ4v) is 5.71. The molecule has 0 spiro atoms. The van der Waals surface area contributed by atoms with Crippen molar-refractivity contribution >= 4 is 32.8 Å². The summed E-state index contributed by atoms with van der Waals surface area (Å²) in [5, 5.41) is 13.2. The second-order valence-corrected chi connectivity index (χ2v) is 9.52. The SMILES string of the molecule is Cc1ccsc1CN(C(=O)c1ccccc1[N+](=O)[O-])[C@@H]1CCS(=O)(=O)C1. The molecular weight excluding hydrogens is 376 g/mol. The third-order valence-corrected chi connectivity index (χ3v) is 7.28. The Bertz CT molecular complexity index is 952. The lowest BCUT2D eigenvalue weighted by atomic mass is 10.1. The number of carbonyl (C=O) groups is 1. The smallest absolute Gasteiger partial charge is 0.282 e. The van der Waals surface area contributed by atoms with Gasteiger partial charge in [0.15, 0.2) is 9.84 Å². The van der Waals surface area contributed by atoms with Gasteiger partial charge >= 0.3 is 0 Å². The molecule has 1 amide bonds. The Morgan fingerprint density at radius 2 is 2.08 bits per heavy atom. The molecule has 1 aliphatic heterocycles. The van der Waals surface area contributed by atoms with Crippen molar-refractivity contribution in [2.45, 2.75) is 25.9 Å². The molecule has 138 valence electrons. The van der Waals surface area contributed by atoms with Crippen molar-refractivity contribution in [1.29, 1.82) is 0 Å². The highest BCUT2D eigenvalue weighted by Gasteiger charge is 2.37. The molecule has 1 aliphatic rings. The van der Waals surface area contributed by atoms with E-state index in [9.17, 15) is 23.3 Å². The van der Waals surface area contributed by atoms with Crippen LogP contribution in [0.4, 0.5) is 5.69 Å². The molecule has 3 rings (SSSR count). The van der Waals surface area contributed by atoms with Crippen molar-refractivity contribution in [1.82, 2.24) is 4.90 Å². The van der Waals surface area contributed by atoms with Crippen LogP contribution in [0.2, 0.25) is 0 Å². The Balaban J connectivity index is 1.99. The predicted octanol–water partition coefficient (Wildman–Crippen LogP) is 2.79. The minimum absolute atomic E-state index is 0.0176. The number of hydrogen-bond donors (Lipinski definition) is 0. The van der Waals surface area contributed by atoms with Crippen LogP contribution in [-0.4, -0.2) is 41.7 Å². The van der Waals surface area contributed by atoms with Gasteiger partial charge in [0.2, 0.25) is 0 Å². The topological polar surface area (TPSA) is 97.6 Å². The van der Waals surface area contributed by atoms with E-state index in [1.165, 1.54) is 34.4 Å². The van der Waals surface area contributed by atoms with Crippen LogP contribution < -0.4 is 0 Å². The van der Waals surface area contributed by atoms with Gasteiger partial charge in [-0.15, -0.1) is 11.3 Å². The van der Waals surface area contributed by atoms with E-state index >= 15 is 0 Å². The molecule has 1 aromatic heterocycles. The largest absolute Gasteiger partial charge is 0.329 e. The first-order chi connectivity index (χ1) is 12.3. The fourth-order valence-electron chi connectivity index (χ4n) is 3.08. The second kappa shape index (κ2) is 7.16. The summed E-state index contributed by atoms with van der Waals surface area (Å²) in [4.78, 5) is 26.3. The van der Waals surface area contributed by atoms with Crippen molar-refractivity contribution in [3.63, 3.8) is 0 Å².